The molecule has 0 saturated carbocycles. The standard InChI is InChI=1S/C16H12N4/c1-12-4-6-14(7-5-12)20-9-8-13(11-20)15(10-17)16(18-2)19-3/h4-8H,9,11H2,1H3. The third kappa shape index (κ3) is 2.53. The van der Waals surface area contributed by atoms with Crippen molar-refractivity contribution in [1.29, 1.82) is 5.26 Å². The van der Waals surface area contributed by atoms with Crippen molar-refractivity contribution >= 4 is 5.69 Å². The molecule has 1 aromatic carbocycles. The molecule has 0 spiro atoms. The zero-order valence-electron chi connectivity index (χ0n) is 11.1. The Morgan fingerprint density at radius 1 is 1.25 bits per heavy atom. The maximum Gasteiger partial charge on any atom is 0.537 e. The third-order valence-corrected chi connectivity index (χ3v) is 3.19. The second-order valence-electron chi connectivity index (χ2n) is 4.48. The van der Waals surface area contributed by atoms with E-state index in [1.54, 1.807) is 0 Å². The van der Waals surface area contributed by atoms with Crippen molar-refractivity contribution in [2.24, 2.45) is 0 Å². The average molecular weight is 260 g/mol. The first-order valence-corrected chi connectivity index (χ1v) is 6.10. The minimum absolute atomic E-state index is 0.149. The molecular formula is C16H12N4. The number of hydrogen-bond donors (Lipinski definition) is 0. The van der Waals surface area contributed by atoms with Crippen LogP contribution in [0.15, 0.2) is 47.3 Å². The van der Waals surface area contributed by atoms with Gasteiger partial charge in [0.15, 0.2) is 5.57 Å². The van der Waals surface area contributed by atoms with E-state index in [0.29, 0.717) is 13.1 Å². The summed E-state index contributed by atoms with van der Waals surface area (Å²) in [4.78, 5) is 8.36. The van der Waals surface area contributed by atoms with Crippen LogP contribution < -0.4 is 4.90 Å². The minimum atomic E-state index is -0.149. The number of nitriles is 1. The Labute approximate surface area is 118 Å². The number of nitrogens with zero attached hydrogens (tertiary/aromatic N) is 4. The molecule has 1 aromatic rings. The first-order valence-electron chi connectivity index (χ1n) is 6.10. The highest BCUT2D eigenvalue weighted by molar-refractivity contribution is 5.58. The smallest absolute Gasteiger partial charge is 0.363 e. The molecule has 0 aromatic heterocycles. The van der Waals surface area contributed by atoms with Crippen LogP contribution in [0.5, 0.6) is 0 Å². The van der Waals surface area contributed by atoms with Gasteiger partial charge in [-0.25, -0.2) is 0 Å². The number of aryl methyl sites for hydroxylation is 1. The lowest BCUT2D eigenvalue weighted by atomic mass is 10.1. The van der Waals surface area contributed by atoms with E-state index >= 15 is 0 Å². The van der Waals surface area contributed by atoms with E-state index in [4.69, 9.17) is 18.4 Å². The largest absolute Gasteiger partial charge is 0.537 e. The fraction of sp³-hybridized carbons (Fsp3) is 0.188. The predicted octanol–water partition coefficient (Wildman–Crippen LogP) is 3.32. The highest BCUT2D eigenvalue weighted by atomic mass is 15.1. The predicted molar refractivity (Wildman–Crippen MR) is 77.3 cm³/mol. The average Bonchev–Trinajstić information content (AvgIpc) is 2.94. The Morgan fingerprint density at radius 3 is 2.45 bits per heavy atom. The highest BCUT2D eigenvalue weighted by Gasteiger charge is 2.24. The molecule has 0 fully saturated rings. The van der Waals surface area contributed by atoms with Gasteiger partial charge in [0.2, 0.25) is 0 Å². The van der Waals surface area contributed by atoms with Gasteiger partial charge in [0, 0.05) is 18.8 Å². The molecule has 0 aliphatic carbocycles. The van der Waals surface area contributed by atoms with Gasteiger partial charge in [0.25, 0.3) is 0 Å². The Balaban J connectivity index is 2.23. The van der Waals surface area contributed by atoms with E-state index in [9.17, 15) is 0 Å². The van der Waals surface area contributed by atoms with Gasteiger partial charge in [-0.15, -0.1) is 0 Å². The molecule has 96 valence electrons. The molecule has 0 radical (unpaired) electrons. The van der Waals surface area contributed by atoms with Crippen LogP contribution in [-0.2, 0) is 0 Å². The monoisotopic (exact) mass is 260 g/mol. The summed E-state index contributed by atoms with van der Waals surface area (Å²) in [7, 11) is 0. The van der Waals surface area contributed by atoms with Gasteiger partial charge in [-0.2, -0.15) is 15.0 Å². The van der Waals surface area contributed by atoms with Crippen molar-refractivity contribution in [2.75, 3.05) is 18.0 Å². The number of rotatable bonds is 2. The molecule has 20 heavy (non-hydrogen) atoms. The van der Waals surface area contributed by atoms with Crippen LogP contribution >= 0.6 is 0 Å². The van der Waals surface area contributed by atoms with E-state index in [2.05, 4.69) is 14.6 Å². The maximum atomic E-state index is 9.16. The molecule has 4 nitrogen and oxygen atoms in total. The van der Waals surface area contributed by atoms with E-state index in [-0.39, 0.29) is 11.4 Å². The molecule has 2 rings (SSSR count). The fourth-order valence-corrected chi connectivity index (χ4v) is 2.09. The van der Waals surface area contributed by atoms with Crippen molar-refractivity contribution in [3.05, 3.63) is 75.7 Å². The molecule has 1 aliphatic heterocycles. The number of hydrogen-bond acceptors (Lipinski definition) is 2. The van der Waals surface area contributed by atoms with E-state index in [1.165, 1.54) is 5.56 Å². The Hall–Kier alpha value is -3.03. The molecule has 0 atom stereocenters. The van der Waals surface area contributed by atoms with Crippen molar-refractivity contribution in [2.45, 2.75) is 6.92 Å². The summed E-state index contributed by atoms with van der Waals surface area (Å²) in [6.45, 7) is 17.2. The zero-order valence-corrected chi connectivity index (χ0v) is 11.1. The highest BCUT2D eigenvalue weighted by Crippen LogP contribution is 2.26. The molecule has 1 heterocycles. The van der Waals surface area contributed by atoms with Gasteiger partial charge in [0.05, 0.1) is 6.07 Å². The van der Waals surface area contributed by atoms with Crippen LogP contribution in [0.1, 0.15) is 5.56 Å². The third-order valence-electron chi connectivity index (χ3n) is 3.19. The van der Waals surface area contributed by atoms with E-state index in [0.717, 1.165) is 11.3 Å². The van der Waals surface area contributed by atoms with Gasteiger partial charge in [-0.1, -0.05) is 23.8 Å². The zero-order chi connectivity index (χ0) is 14.5. The summed E-state index contributed by atoms with van der Waals surface area (Å²) in [5.41, 5.74) is 3.23. The molecule has 1 aliphatic rings. The van der Waals surface area contributed by atoms with Crippen molar-refractivity contribution in [3.63, 3.8) is 0 Å². The second kappa shape index (κ2) is 5.74. The van der Waals surface area contributed by atoms with Crippen LogP contribution in [0.25, 0.3) is 9.69 Å². The first-order chi connectivity index (χ1) is 9.69. The summed E-state index contributed by atoms with van der Waals surface area (Å²) in [5.74, 6) is -0.149. The lowest BCUT2D eigenvalue weighted by Gasteiger charge is -2.18. The molecule has 0 saturated heterocycles. The number of benzene rings is 1. The van der Waals surface area contributed by atoms with Crippen LogP contribution in [0.3, 0.4) is 0 Å². The summed E-state index contributed by atoms with van der Waals surface area (Å²) in [5, 5.41) is 9.16. The SMILES string of the molecule is [C-]#[N+]C([N+]#[C-])=C(C#N)C1=CCN(c2ccc(C)cc2)C1. The maximum absolute atomic E-state index is 9.16. The van der Waals surface area contributed by atoms with Gasteiger partial charge >= 0.3 is 5.82 Å². The van der Waals surface area contributed by atoms with Crippen LogP contribution in [0.4, 0.5) is 5.69 Å². The Morgan fingerprint density at radius 2 is 1.90 bits per heavy atom. The van der Waals surface area contributed by atoms with Crippen LogP contribution in [-0.4, -0.2) is 13.1 Å². The first kappa shape index (κ1) is 13.4. The summed E-state index contributed by atoms with van der Waals surface area (Å²) in [6, 6.07) is 10.1. The fourth-order valence-electron chi connectivity index (χ4n) is 2.09. The molecular weight excluding hydrogens is 248 g/mol. The van der Waals surface area contributed by atoms with Crippen LogP contribution in [0, 0.1) is 31.4 Å². The Kier molecular flexibility index (Phi) is 3.85. The topological polar surface area (TPSA) is 35.8 Å². The summed E-state index contributed by atoms with van der Waals surface area (Å²) in [6.07, 6.45) is 1.91. The molecule has 0 N–H and O–H groups in total. The molecule has 4 heteroatoms. The van der Waals surface area contributed by atoms with Crippen molar-refractivity contribution in [1.82, 2.24) is 0 Å². The van der Waals surface area contributed by atoms with Gasteiger partial charge in [-0.05, 0) is 24.6 Å². The Bertz CT molecular complexity index is 687. The summed E-state index contributed by atoms with van der Waals surface area (Å²) < 4.78 is 0. The van der Waals surface area contributed by atoms with E-state index in [1.807, 2.05) is 43.3 Å². The molecule has 0 amide bonds. The van der Waals surface area contributed by atoms with Crippen molar-refractivity contribution in [3.8, 4) is 6.07 Å². The lowest BCUT2D eigenvalue weighted by molar-refractivity contribution is 0.990. The molecule has 0 unspecified atom stereocenters. The van der Waals surface area contributed by atoms with Gasteiger partial charge in [0.1, 0.15) is 13.1 Å². The summed E-state index contributed by atoms with van der Waals surface area (Å²) >= 11 is 0. The van der Waals surface area contributed by atoms with E-state index < -0.39 is 0 Å². The van der Waals surface area contributed by atoms with Crippen molar-refractivity contribution < 1.29 is 0 Å². The van der Waals surface area contributed by atoms with Crippen LogP contribution in [0.2, 0.25) is 0 Å². The quantitative estimate of drug-likeness (QED) is 0.604. The lowest BCUT2D eigenvalue weighted by Crippen LogP contribution is -2.20. The second-order valence-corrected chi connectivity index (χ2v) is 4.48. The molecule has 0 bridgehead atoms. The number of anilines is 1. The normalized spacial score (nSPS) is 12.9. The van der Waals surface area contributed by atoms with Gasteiger partial charge < -0.3 is 4.90 Å². The minimum Gasteiger partial charge on any atom is -0.363 e. The van der Waals surface area contributed by atoms with Gasteiger partial charge in [-0.3, -0.25) is 0 Å².